The monoisotopic (exact) mass is 412 g/mol. The van der Waals surface area contributed by atoms with Crippen LogP contribution in [0.25, 0.3) is 10.9 Å². The van der Waals surface area contributed by atoms with Gasteiger partial charge in [-0.3, -0.25) is 4.79 Å². The second-order valence-corrected chi connectivity index (χ2v) is 6.32. The van der Waals surface area contributed by atoms with Crippen LogP contribution < -0.4 is 4.74 Å². The van der Waals surface area contributed by atoms with Gasteiger partial charge < -0.3 is 39.1 Å². The minimum absolute atomic E-state index is 0.00830. The molecule has 0 radical (unpaired) electrons. The van der Waals surface area contributed by atoms with Crippen LogP contribution in [0.5, 0.6) is 5.75 Å². The number of aromatic nitrogens is 1. The lowest BCUT2D eigenvalue weighted by molar-refractivity contribution is -0.122. The predicted molar refractivity (Wildman–Crippen MR) is 110 cm³/mol. The minimum Gasteiger partial charge on any atom is -0.497 e. The molecular formula is C20H32N2O7. The summed E-state index contributed by atoms with van der Waals surface area (Å²) in [5, 5.41) is 26.1. The molecule has 2 aromatic rings. The van der Waals surface area contributed by atoms with Crippen LogP contribution in [0.15, 0.2) is 24.4 Å². The first-order valence-corrected chi connectivity index (χ1v) is 9.00. The smallest absolute Gasteiger partial charge is 0.290 e. The van der Waals surface area contributed by atoms with Gasteiger partial charge in [-0.2, -0.15) is 0 Å². The molecule has 1 atom stereocenters. The Balaban J connectivity index is 0.000000589. The molecule has 1 aliphatic rings. The highest BCUT2D eigenvalue weighted by Crippen LogP contribution is 2.26. The van der Waals surface area contributed by atoms with Crippen LogP contribution in [0, 0.1) is 0 Å². The third kappa shape index (κ3) is 9.53. The molecule has 9 nitrogen and oxygen atoms in total. The van der Waals surface area contributed by atoms with Crippen molar-refractivity contribution in [1.82, 2.24) is 9.47 Å². The molecule has 1 saturated heterocycles. The number of likely N-dealkylation sites (N-methyl/N-ethyl adjacent to an activating group) is 1. The summed E-state index contributed by atoms with van der Waals surface area (Å²) < 4.78 is 11.9. The largest absolute Gasteiger partial charge is 0.497 e. The molecule has 0 spiro atoms. The van der Waals surface area contributed by atoms with Gasteiger partial charge in [-0.15, -0.1) is 0 Å². The van der Waals surface area contributed by atoms with E-state index in [9.17, 15) is 5.11 Å². The number of ether oxygens (including phenoxy) is 2. The van der Waals surface area contributed by atoms with E-state index in [4.69, 9.17) is 29.3 Å². The molecule has 0 amide bonds. The van der Waals surface area contributed by atoms with E-state index in [-0.39, 0.29) is 19.3 Å². The summed E-state index contributed by atoms with van der Waals surface area (Å²) in [6, 6.07) is 5.99. The SMILES string of the molecule is C=O.COc1ccc2c(CCN(C)C)cn(CO)c2c1.O=CO.OC1CCOC1. The van der Waals surface area contributed by atoms with Crippen LogP contribution in [0.4, 0.5) is 0 Å². The van der Waals surface area contributed by atoms with Gasteiger partial charge in [0, 0.05) is 30.8 Å². The summed E-state index contributed by atoms with van der Waals surface area (Å²) in [4.78, 5) is 18.5. The van der Waals surface area contributed by atoms with Crippen LogP contribution in [0.3, 0.4) is 0 Å². The van der Waals surface area contributed by atoms with Crippen LogP contribution in [-0.4, -0.2) is 85.1 Å². The van der Waals surface area contributed by atoms with Crippen molar-refractivity contribution in [2.75, 3.05) is 41.0 Å². The number of carboxylic acid groups (broad SMARTS) is 1. The quantitative estimate of drug-likeness (QED) is 0.622. The van der Waals surface area contributed by atoms with Crippen LogP contribution >= 0.6 is 0 Å². The third-order valence-corrected chi connectivity index (χ3v) is 4.06. The van der Waals surface area contributed by atoms with Gasteiger partial charge in [-0.1, -0.05) is 0 Å². The summed E-state index contributed by atoms with van der Waals surface area (Å²) in [7, 11) is 5.78. The van der Waals surface area contributed by atoms with E-state index in [1.165, 1.54) is 10.9 Å². The third-order valence-electron chi connectivity index (χ3n) is 4.06. The fourth-order valence-corrected chi connectivity index (χ4v) is 2.66. The summed E-state index contributed by atoms with van der Waals surface area (Å²) in [5.41, 5.74) is 2.28. The molecular weight excluding hydrogens is 380 g/mol. The van der Waals surface area contributed by atoms with E-state index in [0.717, 1.165) is 37.3 Å². The highest BCUT2D eigenvalue weighted by molar-refractivity contribution is 5.85. The second-order valence-electron chi connectivity index (χ2n) is 6.32. The molecule has 164 valence electrons. The van der Waals surface area contributed by atoms with Crippen molar-refractivity contribution in [3.8, 4) is 5.75 Å². The number of aliphatic hydroxyl groups excluding tert-OH is 2. The number of carbonyl (C=O) groups excluding carboxylic acids is 1. The zero-order valence-electron chi connectivity index (χ0n) is 17.3. The molecule has 1 aromatic carbocycles. The maximum Gasteiger partial charge on any atom is 0.290 e. The summed E-state index contributed by atoms with van der Waals surface area (Å²) in [6.07, 6.45) is 3.64. The van der Waals surface area contributed by atoms with Crippen molar-refractivity contribution in [3.05, 3.63) is 30.0 Å². The highest BCUT2D eigenvalue weighted by Gasteiger charge is 2.10. The average molecular weight is 412 g/mol. The molecule has 9 heteroatoms. The normalized spacial score (nSPS) is 14.8. The minimum atomic E-state index is -0.250. The lowest BCUT2D eigenvalue weighted by Gasteiger charge is -2.08. The van der Waals surface area contributed by atoms with Crippen molar-refractivity contribution >= 4 is 24.2 Å². The van der Waals surface area contributed by atoms with Crippen molar-refractivity contribution in [2.24, 2.45) is 0 Å². The Morgan fingerprint density at radius 1 is 1.38 bits per heavy atom. The van der Waals surface area contributed by atoms with E-state index >= 15 is 0 Å². The van der Waals surface area contributed by atoms with Crippen molar-refractivity contribution in [3.63, 3.8) is 0 Å². The summed E-state index contributed by atoms with van der Waals surface area (Å²) in [6.45, 7) is 4.02. The van der Waals surface area contributed by atoms with Crippen molar-refractivity contribution < 1.29 is 34.4 Å². The Hall–Kier alpha value is -2.46. The highest BCUT2D eigenvalue weighted by atomic mass is 16.5. The standard InChI is InChI=1S/C14H20N2O2.C4H8O2.CH2O2.CH2O/c1-15(2)7-6-11-9-16(10-17)14-8-12(18-3)4-5-13(11)14;5-4-1-2-6-3-4;2-1-3;1-2/h4-5,8-9,17H,6-7,10H2,1-3H3;4-5H,1-3H2;1H,(H,2,3);1H2. The molecule has 3 rings (SSSR count). The Labute approximate surface area is 171 Å². The predicted octanol–water partition coefficient (Wildman–Crippen LogP) is 0.987. The fourth-order valence-electron chi connectivity index (χ4n) is 2.66. The van der Waals surface area contributed by atoms with E-state index in [0.29, 0.717) is 6.61 Å². The molecule has 1 aliphatic heterocycles. The average Bonchev–Trinajstić information content (AvgIpc) is 3.35. The number of aliphatic hydroxyl groups is 2. The van der Waals surface area contributed by atoms with Crippen LogP contribution in [0.1, 0.15) is 12.0 Å². The van der Waals surface area contributed by atoms with Gasteiger partial charge in [0.25, 0.3) is 6.47 Å². The summed E-state index contributed by atoms with van der Waals surface area (Å²) >= 11 is 0. The number of fused-ring (bicyclic) bond motifs is 1. The Morgan fingerprint density at radius 2 is 2.03 bits per heavy atom. The maximum absolute atomic E-state index is 9.40. The van der Waals surface area contributed by atoms with Gasteiger partial charge in [0.2, 0.25) is 0 Å². The number of nitrogens with zero attached hydrogens (tertiary/aromatic N) is 2. The molecule has 29 heavy (non-hydrogen) atoms. The van der Waals surface area contributed by atoms with Crippen molar-refractivity contribution in [2.45, 2.75) is 25.7 Å². The number of hydrogen-bond acceptors (Lipinski definition) is 7. The zero-order chi connectivity index (χ0) is 22.2. The van der Waals surface area contributed by atoms with E-state index in [2.05, 4.69) is 25.1 Å². The molecule has 0 saturated carbocycles. The maximum atomic E-state index is 9.40. The summed E-state index contributed by atoms with van der Waals surface area (Å²) in [5.74, 6) is 0.814. The van der Waals surface area contributed by atoms with Gasteiger partial charge in [0.05, 0.1) is 25.3 Å². The van der Waals surface area contributed by atoms with Crippen LogP contribution in [0.2, 0.25) is 0 Å². The molecule has 0 bridgehead atoms. The fraction of sp³-hybridized carbons (Fsp3) is 0.500. The lowest BCUT2D eigenvalue weighted by Crippen LogP contribution is -2.14. The number of hydrogen-bond donors (Lipinski definition) is 3. The number of carbonyl (C=O) groups is 2. The number of methoxy groups -OCH3 is 1. The van der Waals surface area contributed by atoms with Gasteiger partial charge in [0.15, 0.2) is 0 Å². The second kappa shape index (κ2) is 15.5. The first kappa shape index (κ1) is 26.5. The van der Waals surface area contributed by atoms with E-state index in [1.807, 2.05) is 29.7 Å². The Morgan fingerprint density at radius 3 is 2.45 bits per heavy atom. The molecule has 0 aliphatic carbocycles. The van der Waals surface area contributed by atoms with Gasteiger partial charge in [-0.05, 0) is 44.6 Å². The van der Waals surface area contributed by atoms with Crippen LogP contribution in [-0.2, 0) is 27.5 Å². The van der Waals surface area contributed by atoms with Gasteiger partial charge >= 0.3 is 0 Å². The Bertz CT molecular complexity index is 697. The van der Waals surface area contributed by atoms with Gasteiger partial charge in [-0.25, -0.2) is 0 Å². The molecule has 1 fully saturated rings. The molecule has 3 N–H and O–H groups in total. The van der Waals surface area contributed by atoms with Gasteiger partial charge in [0.1, 0.15) is 19.3 Å². The molecule has 1 unspecified atom stereocenters. The molecule has 2 heterocycles. The first-order valence-electron chi connectivity index (χ1n) is 9.00. The first-order chi connectivity index (χ1) is 14.0. The zero-order valence-corrected chi connectivity index (χ0v) is 17.3. The van der Waals surface area contributed by atoms with E-state index in [1.54, 1.807) is 7.11 Å². The number of rotatable bonds is 5. The van der Waals surface area contributed by atoms with E-state index < -0.39 is 0 Å². The molecule has 1 aromatic heterocycles. The Kier molecular flexibility index (Phi) is 14.1. The number of benzene rings is 1. The van der Waals surface area contributed by atoms with Crippen molar-refractivity contribution in [1.29, 1.82) is 0 Å². The lowest BCUT2D eigenvalue weighted by atomic mass is 10.1. The topological polar surface area (TPSA) is 121 Å².